The number of thiazole rings is 1. The summed E-state index contributed by atoms with van der Waals surface area (Å²) in [7, 11) is 1.98. The highest BCUT2D eigenvalue weighted by Gasteiger charge is 2.01. The second-order valence-electron chi connectivity index (χ2n) is 4.60. The topological polar surface area (TPSA) is 41.4 Å². The average Bonchev–Trinajstić information content (AvgIpc) is 2.84. The van der Waals surface area contributed by atoms with Crippen LogP contribution in [0.3, 0.4) is 0 Å². The van der Waals surface area contributed by atoms with Crippen LogP contribution in [0.5, 0.6) is 0 Å². The van der Waals surface area contributed by atoms with Gasteiger partial charge in [-0.2, -0.15) is 0 Å². The fraction of sp³-hybridized carbons (Fsp3) is 0.0667. The van der Waals surface area contributed by atoms with Crippen molar-refractivity contribution in [2.45, 2.75) is 0 Å². The van der Waals surface area contributed by atoms with Crippen LogP contribution in [-0.2, 0) is 7.05 Å². The number of halogens is 1. The van der Waals surface area contributed by atoms with Gasteiger partial charge in [0.15, 0.2) is 5.11 Å². The molecule has 0 unspecified atom stereocenters. The maximum Gasteiger partial charge on any atom is 0.209 e. The summed E-state index contributed by atoms with van der Waals surface area (Å²) in [6.07, 6.45) is 0. The monoisotopic (exact) mass is 348 g/mol. The first kappa shape index (κ1) is 15.0. The highest BCUT2D eigenvalue weighted by atomic mass is 35.5. The highest BCUT2D eigenvalue weighted by molar-refractivity contribution is 7.80. The van der Waals surface area contributed by atoms with Gasteiger partial charge in [0, 0.05) is 17.8 Å². The zero-order valence-corrected chi connectivity index (χ0v) is 14.1. The summed E-state index contributed by atoms with van der Waals surface area (Å²) in [6.45, 7) is 0. The molecule has 4 nitrogen and oxygen atoms in total. The van der Waals surface area contributed by atoms with Crippen LogP contribution in [0.15, 0.2) is 53.6 Å². The standard InChI is InChI=1S/C15H13ClN4S2/c1-20-12-4-2-3-5-13(12)22-15(20)19-18-14(21)17-11-8-6-10(16)7-9-11/h2-9H,1H3,(H2,17,18,21). The van der Waals surface area contributed by atoms with Crippen molar-refractivity contribution < 1.29 is 0 Å². The highest BCUT2D eigenvalue weighted by Crippen LogP contribution is 2.15. The molecule has 0 aliphatic carbocycles. The molecule has 0 saturated carbocycles. The van der Waals surface area contributed by atoms with Gasteiger partial charge in [0.25, 0.3) is 0 Å². The van der Waals surface area contributed by atoms with E-state index in [0.29, 0.717) is 10.1 Å². The average molecular weight is 349 g/mol. The van der Waals surface area contributed by atoms with Gasteiger partial charge in [0.2, 0.25) is 4.80 Å². The molecule has 0 spiro atoms. The molecule has 0 bridgehead atoms. The third-order valence-electron chi connectivity index (χ3n) is 3.07. The largest absolute Gasteiger partial charge is 0.331 e. The second-order valence-corrected chi connectivity index (χ2v) is 6.45. The number of para-hydroxylation sites is 1. The molecule has 2 aromatic carbocycles. The lowest BCUT2D eigenvalue weighted by molar-refractivity contribution is 0.853. The fourth-order valence-corrected chi connectivity index (χ4v) is 3.25. The Morgan fingerprint density at radius 2 is 1.91 bits per heavy atom. The number of aromatic nitrogens is 1. The molecule has 1 heterocycles. The fourth-order valence-electron chi connectivity index (χ4n) is 1.98. The molecule has 0 fully saturated rings. The zero-order chi connectivity index (χ0) is 15.5. The van der Waals surface area contributed by atoms with Gasteiger partial charge in [-0.3, -0.25) is 5.43 Å². The maximum atomic E-state index is 5.85. The minimum absolute atomic E-state index is 0.430. The lowest BCUT2D eigenvalue weighted by Gasteiger charge is -2.06. The summed E-state index contributed by atoms with van der Waals surface area (Å²) in [5, 5.41) is 8.53. The molecule has 1 aromatic heterocycles. The normalized spacial score (nSPS) is 11.6. The summed E-state index contributed by atoms with van der Waals surface area (Å²) in [4.78, 5) is 0.849. The molecule has 0 aliphatic heterocycles. The molecule has 22 heavy (non-hydrogen) atoms. The third kappa shape index (κ3) is 3.30. The van der Waals surface area contributed by atoms with Crippen LogP contribution in [0, 0.1) is 0 Å². The lowest BCUT2D eigenvalue weighted by Crippen LogP contribution is -2.27. The lowest BCUT2D eigenvalue weighted by atomic mass is 10.3. The Morgan fingerprint density at radius 1 is 1.18 bits per heavy atom. The number of hydrogen-bond donors (Lipinski definition) is 2. The van der Waals surface area contributed by atoms with Crippen LogP contribution in [0.2, 0.25) is 5.02 Å². The zero-order valence-electron chi connectivity index (χ0n) is 11.7. The number of thiocarbonyl (C=S) groups is 1. The van der Waals surface area contributed by atoms with E-state index in [4.69, 9.17) is 23.8 Å². The molecule has 0 saturated heterocycles. The summed E-state index contributed by atoms with van der Waals surface area (Å²) < 4.78 is 3.21. The molecule has 112 valence electrons. The van der Waals surface area contributed by atoms with Gasteiger partial charge in [-0.05, 0) is 48.6 Å². The van der Waals surface area contributed by atoms with Crippen molar-refractivity contribution in [2.75, 3.05) is 5.32 Å². The van der Waals surface area contributed by atoms with Crippen LogP contribution in [0.1, 0.15) is 0 Å². The van der Waals surface area contributed by atoms with E-state index in [9.17, 15) is 0 Å². The molecular weight excluding hydrogens is 336 g/mol. The van der Waals surface area contributed by atoms with E-state index in [-0.39, 0.29) is 0 Å². The van der Waals surface area contributed by atoms with Crippen molar-refractivity contribution in [1.82, 2.24) is 9.99 Å². The molecule has 0 aliphatic rings. The Hall–Kier alpha value is -1.89. The van der Waals surface area contributed by atoms with E-state index < -0.39 is 0 Å². The minimum Gasteiger partial charge on any atom is -0.331 e. The number of rotatable bonds is 2. The van der Waals surface area contributed by atoms with Crippen molar-refractivity contribution in [3.8, 4) is 0 Å². The van der Waals surface area contributed by atoms with Crippen LogP contribution >= 0.6 is 35.2 Å². The Balaban J connectivity index is 1.76. The smallest absolute Gasteiger partial charge is 0.209 e. The van der Waals surface area contributed by atoms with E-state index in [2.05, 4.69) is 28.0 Å². The van der Waals surface area contributed by atoms with Crippen molar-refractivity contribution in [2.24, 2.45) is 12.1 Å². The van der Waals surface area contributed by atoms with Gasteiger partial charge < -0.3 is 9.88 Å². The van der Waals surface area contributed by atoms with Gasteiger partial charge in [-0.25, -0.2) is 0 Å². The van der Waals surface area contributed by atoms with Crippen molar-refractivity contribution in [1.29, 1.82) is 0 Å². The van der Waals surface area contributed by atoms with Gasteiger partial charge in [0.05, 0.1) is 10.2 Å². The summed E-state index contributed by atoms with van der Waals surface area (Å²) in [6, 6.07) is 15.5. The molecule has 2 N–H and O–H groups in total. The summed E-state index contributed by atoms with van der Waals surface area (Å²) >= 11 is 12.7. The van der Waals surface area contributed by atoms with Crippen LogP contribution in [-0.4, -0.2) is 9.68 Å². The number of hydrogen-bond acceptors (Lipinski definition) is 3. The van der Waals surface area contributed by atoms with E-state index in [1.165, 1.54) is 4.70 Å². The number of nitrogens with one attached hydrogen (secondary N) is 2. The molecule has 0 amide bonds. The molecular formula is C15H13ClN4S2. The first-order chi connectivity index (χ1) is 10.6. The van der Waals surface area contributed by atoms with Gasteiger partial charge in [-0.1, -0.05) is 35.1 Å². The van der Waals surface area contributed by atoms with Crippen LogP contribution < -0.4 is 15.5 Å². The number of benzene rings is 2. The first-order valence-corrected chi connectivity index (χ1v) is 8.14. The predicted octanol–water partition coefficient (Wildman–Crippen LogP) is 3.70. The number of anilines is 1. The van der Waals surface area contributed by atoms with Crippen molar-refractivity contribution in [3.05, 3.63) is 58.4 Å². The van der Waals surface area contributed by atoms with E-state index in [1.54, 1.807) is 23.5 Å². The van der Waals surface area contributed by atoms with Crippen molar-refractivity contribution >= 4 is 56.2 Å². The van der Waals surface area contributed by atoms with E-state index in [0.717, 1.165) is 16.0 Å². The minimum atomic E-state index is 0.430. The van der Waals surface area contributed by atoms with Crippen molar-refractivity contribution in [3.63, 3.8) is 0 Å². The molecule has 7 heteroatoms. The van der Waals surface area contributed by atoms with Gasteiger partial charge >= 0.3 is 0 Å². The Labute approximate surface area is 142 Å². The van der Waals surface area contributed by atoms with Crippen LogP contribution in [0.25, 0.3) is 10.2 Å². The molecule has 0 atom stereocenters. The summed E-state index contributed by atoms with van der Waals surface area (Å²) in [5.41, 5.74) is 4.87. The number of fused-ring (bicyclic) bond motifs is 1. The van der Waals surface area contributed by atoms with Gasteiger partial charge in [0.1, 0.15) is 0 Å². The maximum absolute atomic E-state index is 5.85. The molecule has 0 radical (unpaired) electrons. The summed E-state index contributed by atoms with van der Waals surface area (Å²) in [5.74, 6) is 0. The Morgan fingerprint density at radius 3 is 2.64 bits per heavy atom. The molecule has 3 aromatic rings. The third-order valence-corrected chi connectivity index (χ3v) is 4.63. The van der Waals surface area contributed by atoms with E-state index >= 15 is 0 Å². The number of aryl methyl sites for hydroxylation is 1. The quantitative estimate of drug-likeness (QED) is 0.548. The SMILES string of the molecule is Cn1c(=NNC(=S)Nc2ccc(Cl)cc2)sc2ccccc21. The van der Waals surface area contributed by atoms with Crippen LogP contribution in [0.4, 0.5) is 5.69 Å². The van der Waals surface area contributed by atoms with Gasteiger partial charge in [-0.15, -0.1) is 5.10 Å². The molecule has 3 rings (SSSR count). The first-order valence-electron chi connectivity index (χ1n) is 6.54. The second kappa shape index (κ2) is 6.48. The Bertz CT molecular complexity index is 880. The Kier molecular flexibility index (Phi) is 4.42. The predicted molar refractivity (Wildman–Crippen MR) is 97.2 cm³/mol. The van der Waals surface area contributed by atoms with E-state index in [1.807, 2.05) is 35.9 Å². The number of nitrogens with zero attached hydrogens (tertiary/aromatic N) is 2.